The van der Waals surface area contributed by atoms with Crippen LogP contribution in [0.1, 0.15) is 181 Å². The highest BCUT2D eigenvalue weighted by molar-refractivity contribution is 4.89. The maximum Gasteiger partial charge on any atom is 0.186 e. The Morgan fingerprint density at radius 3 is 1.40 bits per heavy atom. The van der Waals surface area contributed by atoms with Gasteiger partial charge in [0.1, 0.15) is 37.1 Å². The minimum absolute atomic E-state index is 0. The molecule has 1 aliphatic heterocycles. The number of aliphatic hydroxyl groups excluding tert-OH is 4. The van der Waals surface area contributed by atoms with Gasteiger partial charge in [-0.15, -0.1) is 0 Å². The van der Waals surface area contributed by atoms with E-state index < -0.39 is 36.8 Å². The van der Waals surface area contributed by atoms with Crippen LogP contribution >= 0.6 is 0 Å². The van der Waals surface area contributed by atoms with Crippen molar-refractivity contribution in [3.63, 3.8) is 0 Å². The monoisotopic (exact) mass is 738 g/mol. The largest absolute Gasteiger partial charge is 1.00 e. The summed E-state index contributed by atoms with van der Waals surface area (Å²) in [6, 6.07) is 0. The predicted molar refractivity (Wildman–Crippen MR) is 203 cm³/mol. The normalized spacial score (nSPS) is 21.7. The topological polar surface area (TPSA) is 109 Å². The molecule has 1 heterocycles. The first-order valence-electron chi connectivity index (χ1n) is 21.1. The number of halogens is 1. The standard InChI is InChI=1S/C41H84NO7.ClH/c1-5-7-9-11-13-15-17-19-20-22-24-26-28-30-32-48-41-40(46)39(45)38(44)37(49-41)35-47-34-36(43)33-42(3,4)31-29-27-25-23-21-18-16-14-12-10-8-6-2;/h36-41,43-46H,5-35H2,1-4H3;1H/q+1;/p-1/t36?,37-,38-,39+,40-,41-;/m1./s1. The average Bonchev–Trinajstić information content (AvgIpc) is 3.07. The Morgan fingerprint density at radius 1 is 0.560 bits per heavy atom. The summed E-state index contributed by atoms with van der Waals surface area (Å²) in [6.45, 7) is 6.69. The maximum atomic E-state index is 10.7. The van der Waals surface area contributed by atoms with Crippen LogP contribution in [0.4, 0.5) is 0 Å². The van der Waals surface area contributed by atoms with E-state index >= 15 is 0 Å². The molecule has 1 saturated heterocycles. The van der Waals surface area contributed by atoms with Crippen LogP contribution in [0.2, 0.25) is 0 Å². The van der Waals surface area contributed by atoms with Gasteiger partial charge in [0.2, 0.25) is 0 Å². The zero-order valence-corrected chi connectivity index (χ0v) is 34.0. The van der Waals surface area contributed by atoms with Crippen LogP contribution in [-0.2, 0) is 14.2 Å². The first-order chi connectivity index (χ1) is 23.7. The van der Waals surface area contributed by atoms with E-state index in [0.29, 0.717) is 13.2 Å². The van der Waals surface area contributed by atoms with Gasteiger partial charge < -0.3 is 51.5 Å². The average molecular weight is 739 g/mol. The van der Waals surface area contributed by atoms with Gasteiger partial charge in [-0.25, -0.2) is 0 Å². The third-order valence-corrected chi connectivity index (χ3v) is 10.4. The highest BCUT2D eigenvalue weighted by Gasteiger charge is 2.44. The third-order valence-electron chi connectivity index (χ3n) is 10.4. The fraction of sp³-hybridized carbons (Fsp3) is 1.00. The molecule has 0 aromatic carbocycles. The lowest BCUT2D eigenvalue weighted by Crippen LogP contribution is -3.00. The molecule has 0 saturated carbocycles. The molecule has 0 bridgehead atoms. The van der Waals surface area contributed by atoms with Gasteiger partial charge in [0.15, 0.2) is 6.29 Å². The number of unbranched alkanes of at least 4 members (excludes halogenated alkanes) is 24. The van der Waals surface area contributed by atoms with E-state index in [9.17, 15) is 20.4 Å². The van der Waals surface area contributed by atoms with Crippen molar-refractivity contribution in [1.29, 1.82) is 0 Å². The minimum Gasteiger partial charge on any atom is -1.00 e. The van der Waals surface area contributed by atoms with Crippen molar-refractivity contribution >= 4 is 0 Å². The van der Waals surface area contributed by atoms with Gasteiger partial charge in [-0.1, -0.05) is 162 Å². The van der Waals surface area contributed by atoms with E-state index in [1.54, 1.807) is 0 Å². The SMILES string of the molecule is CCCCCCCCCCCCCCCCO[C@@H]1O[C@H](COCC(O)C[N+](C)(C)CCCCCCCCCCCCCC)[C@@H](O)[C@H](O)[C@H]1O.[Cl-]. The molecule has 1 fully saturated rings. The molecule has 8 nitrogen and oxygen atoms in total. The lowest BCUT2D eigenvalue weighted by atomic mass is 9.99. The number of nitrogens with zero attached hydrogens (tertiary/aromatic N) is 1. The summed E-state index contributed by atoms with van der Waals surface area (Å²) in [7, 11) is 4.29. The molecule has 0 amide bonds. The van der Waals surface area contributed by atoms with Crippen LogP contribution in [0.25, 0.3) is 0 Å². The molecule has 50 heavy (non-hydrogen) atoms. The summed E-state index contributed by atoms with van der Waals surface area (Å²) in [5, 5.41) is 42.0. The van der Waals surface area contributed by atoms with Crippen LogP contribution in [0.3, 0.4) is 0 Å². The Hall–Kier alpha value is -0.0300. The van der Waals surface area contributed by atoms with Crippen molar-refractivity contribution in [3.05, 3.63) is 0 Å². The quantitative estimate of drug-likeness (QED) is 0.0507. The Balaban J connectivity index is 0.0000240. The molecule has 4 N–H and O–H groups in total. The van der Waals surface area contributed by atoms with Gasteiger partial charge >= 0.3 is 0 Å². The van der Waals surface area contributed by atoms with Gasteiger partial charge in [0.25, 0.3) is 0 Å². The van der Waals surface area contributed by atoms with Gasteiger partial charge in [0, 0.05) is 6.61 Å². The van der Waals surface area contributed by atoms with E-state index in [1.165, 1.54) is 148 Å². The molecule has 0 spiro atoms. The van der Waals surface area contributed by atoms with E-state index in [2.05, 4.69) is 27.9 Å². The fourth-order valence-corrected chi connectivity index (χ4v) is 7.10. The summed E-state index contributed by atoms with van der Waals surface area (Å²) in [5.74, 6) is 0. The van der Waals surface area contributed by atoms with Crippen molar-refractivity contribution in [2.75, 3.05) is 47.0 Å². The van der Waals surface area contributed by atoms with E-state index in [4.69, 9.17) is 14.2 Å². The highest BCUT2D eigenvalue weighted by atomic mass is 35.5. The number of likely N-dealkylation sites (N-methyl/N-ethyl adjacent to an activating group) is 1. The van der Waals surface area contributed by atoms with Crippen molar-refractivity contribution in [1.82, 2.24) is 0 Å². The zero-order valence-electron chi connectivity index (χ0n) is 33.2. The molecule has 1 aliphatic rings. The van der Waals surface area contributed by atoms with Crippen molar-refractivity contribution in [2.45, 2.75) is 218 Å². The number of hydrogen-bond donors (Lipinski definition) is 4. The summed E-state index contributed by atoms with van der Waals surface area (Å²) in [5.41, 5.74) is 0. The Labute approximate surface area is 315 Å². The molecule has 1 unspecified atom stereocenters. The Bertz CT molecular complexity index is 718. The van der Waals surface area contributed by atoms with Gasteiger partial charge in [0.05, 0.1) is 33.9 Å². The first-order valence-corrected chi connectivity index (χ1v) is 21.1. The smallest absolute Gasteiger partial charge is 0.186 e. The summed E-state index contributed by atoms with van der Waals surface area (Å²) >= 11 is 0. The van der Waals surface area contributed by atoms with Gasteiger partial charge in [-0.3, -0.25) is 0 Å². The van der Waals surface area contributed by atoms with Gasteiger partial charge in [-0.05, 0) is 19.3 Å². The van der Waals surface area contributed by atoms with Crippen molar-refractivity contribution < 1.29 is 51.5 Å². The van der Waals surface area contributed by atoms with E-state index in [-0.39, 0.29) is 25.6 Å². The molecular weight excluding hydrogens is 654 g/mol. The van der Waals surface area contributed by atoms with Crippen LogP contribution in [-0.4, -0.2) is 109 Å². The molecule has 9 heteroatoms. The second kappa shape index (κ2) is 33.5. The lowest BCUT2D eigenvalue weighted by Gasteiger charge is -2.40. The zero-order chi connectivity index (χ0) is 36.0. The molecule has 0 aliphatic carbocycles. The fourth-order valence-electron chi connectivity index (χ4n) is 7.10. The van der Waals surface area contributed by atoms with Crippen LogP contribution < -0.4 is 12.4 Å². The summed E-state index contributed by atoms with van der Waals surface area (Å²) < 4.78 is 18.1. The first kappa shape index (κ1) is 50.0. The number of rotatable bonds is 35. The van der Waals surface area contributed by atoms with Crippen molar-refractivity contribution in [3.8, 4) is 0 Å². The molecule has 0 radical (unpaired) electrons. The molecular formula is C41H84ClNO7. The number of ether oxygens (including phenoxy) is 3. The molecule has 1 rings (SSSR count). The van der Waals surface area contributed by atoms with Gasteiger partial charge in [-0.2, -0.15) is 0 Å². The lowest BCUT2D eigenvalue weighted by molar-refractivity contribution is -0.893. The molecule has 6 atom stereocenters. The highest BCUT2D eigenvalue weighted by Crippen LogP contribution is 2.23. The number of quaternary nitrogens is 1. The third kappa shape index (κ3) is 26.7. The molecule has 302 valence electrons. The van der Waals surface area contributed by atoms with Crippen LogP contribution in [0.15, 0.2) is 0 Å². The Morgan fingerprint density at radius 2 is 0.960 bits per heavy atom. The Kier molecular flexibility index (Phi) is 33.5. The van der Waals surface area contributed by atoms with Crippen molar-refractivity contribution in [2.24, 2.45) is 0 Å². The summed E-state index contributed by atoms with van der Waals surface area (Å²) in [6.07, 6.45) is 27.5. The molecule has 0 aromatic rings. The second-order valence-corrected chi connectivity index (χ2v) is 15.9. The second-order valence-electron chi connectivity index (χ2n) is 15.9. The summed E-state index contributed by atoms with van der Waals surface area (Å²) in [4.78, 5) is 0. The van der Waals surface area contributed by atoms with E-state index in [1.807, 2.05) is 0 Å². The molecule has 0 aromatic heterocycles. The maximum absolute atomic E-state index is 10.7. The van der Waals surface area contributed by atoms with Crippen LogP contribution in [0, 0.1) is 0 Å². The number of hydrogen-bond acceptors (Lipinski definition) is 7. The minimum atomic E-state index is -1.38. The predicted octanol–water partition coefficient (Wildman–Crippen LogP) is 5.45. The van der Waals surface area contributed by atoms with Crippen LogP contribution in [0.5, 0.6) is 0 Å². The number of aliphatic hydroxyl groups is 4. The van der Waals surface area contributed by atoms with E-state index in [0.717, 1.165) is 30.3 Å².